The van der Waals surface area contributed by atoms with E-state index in [1.165, 1.54) is 6.08 Å². The standard InChI is InChI=1S/C36H40ClFN4O3/c1-3-32(44)42-24-7-8-25(42)17-35(2,16-24)34-28-18-39-30(27-13-26(43)14-29(37)33(27)21-5-6-21)11-22(28)12-31(40-34)45-20-36-9-4-10-41(36)19-23(38)15-36/h3,11-14,18,21,23-25,43H,1,4-10,15-17,19-20H2,2H3. The van der Waals surface area contributed by atoms with Crippen LogP contribution in [0, 0.1) is 0 Å². The number of hydrogen-bond acceptors (Lipinski definition) is 6. The molecule has 7 nitrogen and oxygen atoms in total. The van der Waals surface area contributed by atoms with E-state index in [-0.39, 0.29) is 34.7 Å². The Kier molecular flexibility index (Phi) is 6.92. The summed E-state index contributed by atoms with van der Waals surface area (Å²) in [5, 5.41) is 13.0. The number of rotatable bonds is 7. The van der Waals surface area contributed by atoms with Gasteiger partial charge in [-0.15, -0.1) is 0 Å². The second-order valence-electron chi connectivity index (χ2n) is 14.4. The number of hydrogen-bond donors (Lipinski definition) is 1. The van der Waals surface area contributed by atoms with Crippen LogP contribution < -0.4 is 4.74 Å². The molecule has 6 heterocycles. The van der Waals surface area contributed by atoms with E-state index in [9.17, 15) is 14.3 Å². The lowest BCUT2D eigenvalue weighted by atomic mass is 9.72. The molecule has 45 heavy (non-hydrogen) atoms. The number of carbonyl (C=O) groups is 1. The van der Waals surface area contributed by atoms with Crippen LogP contribution in [0.15, 0.2) is 43.1 Å². The van der Waals surface area contributed by atoms with Crippen molar-refractivity contribution in [2.45, 2.75) is 99.8 Å². The molecule has 5 aliphatic rings. The Balaban J connectivity index is 1.22. The van der Waals surface area contributed by atoms with Crippen molar-refractivity contribution >= 4 is 28.3 Å². The van der Waals surface area contributed by atoms with Crippen LogP contribution in [0.25, 0.3) is 22.0 Å². The molecule has 3 aromatic rings. The number of benzene rings is 1. The summed E-state index contributed by atoms with van der Waals surface area (Å²) in [5.41, 5.74) is 2.99. The van der Waals surface area contributed by atoms with Crippen LogP contribution in [-0.2, 0) is 10.2 Å². The van der Waals surface area contributed by atoms with Gasteiger partial charge in [-0.3, -0.25) is 14.7 Å². The van der Waals surface area contributed by atoms with Crippen LogP contribution in [0.2, 0.25) is 5.02 Å². The van der Waals surface area contributed by atoms with E-state index in [1.54, 1.807) is 12.1 Å². The summed E-state index contributed by atoms with van der Waals surface area (Å²) in [6.07, 6.45) is 10.7. The van der Waals surface area contributed by atoms with Crippen molar-refractivity contribution in [2.75, 3.05) is 19.7 Å². The quantitative estimate of drug-likeness (QED) is 0.281. The van der Waals surface area contributed by atoms with Crippen LogP contribution in [-0.4, -0.2) is 74.3 Å². The molecule has 2 bridgehead atoms. The van der Waals surface area contributed by atoms with E-state index in [1.807, 2.05) is 17.2 Å². The normalized spacial score (nSPS) is 31.0. The van der Waals surface area contributed by atoms with Gasteiger partial charge in [-0.05, 0) is 99.1 Å². The summed E-state index contributed by atoms with van der Waals surface area (Å²) in [6, 6.07) is 7.69. The van der Waals surface area contributed by atoms with Gasteiger partial charge in [0.1, 0.15) is 18.5 Å². The number of pyridine rings is 2. The Morgan fingerprint density at radius 1 is 1.18 bits per heavy atom. The first-order chi connectivity index (χ1) is 21.7. The summed E-state index contributed by atoms with van der Waals surface area (Å²) in [4.78, 5) is 27.2. The van der Waals surface area contributed by atoms with Crippen molar-refractivity contribution in [3.63, 3.8) is 0 Å². The number of alkyl halides is 1. The Bertz CT molecular complexity index is 1700. The van der Waals surface area contributed by atoms with Gasteiger partial charge >= 0.3 is 0 Å². The van der Waals surface area contributed by atoms with Crippen molar-refractivity contribution in [3.05, 3.63) is 59.4 Å². The van der Waals surface area contributed by atoms with E-state index in [2.05, 4.69) is 24.5 Å². The molecule has 236 valence electrons. The van der Waals surface area contributed by atoms with Gasteiger partial charge in [0.15, 0.2) is 0 Å². The highest BCUT2D eigenvalue weighted by Crippen LogP contribution is 2.51. The smallest absolute Gasteiger partial charge is 0.246 e. The number of halogens is 2. The lowest BCUT2D eigenvalue weighted by Crippen LogP contribution is -2.50. The third kappa shape index (κ3) is 4.91. The number of aromatic nitrogens is 2. The first-order valence-corrected chi connectivity index (χ1v) is 16.8. The van der Waals surface area contributed by atoms with E-state index < -0.39 is 6.17 Å². The fourth-order valence-corrected chi connectivity index (χ4v) is 9.58. The van der Waals surface area contributed by atoms with Crippen molar-refractivity contribution in [2.24, 2.45) is 0 Å². The number of carbonyl (C=O) groups excluding carboxylic acids is 1. The average molecular weight is 631 g/mol. The molecule has 0 spiro atoms. The summed E-state index contributed by atoms with van der Waals surface area (Å²) in [6.45, 7) is 7.79. The van der Waals surface area contributed by atoms with Crippen LogP contribution in [0.1, 0.15) is 81.9 Å². The predicted molar refractivity (Wildman–Crippen MR) is 173 cm³/mol. The van der Waals surface area contributed by atoms with Gasteiger partial charge in [0.25, 0.3) is 0 Å². The zero-order valence-corrected chi connectivity index (χ0v) is 26.5. The fourth-order valence-electron chi connectivity index (χ4n) is 9.21. The number of amides is 1. The highest BCUT2D eigenvalue weighted by Gasteiger charge is 2.51. The molecule has 4 aliphatic heterocycles. The molecular weight excluding hydrogens is 591 g/mol. The Morgan fingerprint density at radius 2 is 1.96 bits per heavy atom. The third-order valence-corrected chi connectivity index (χ3v) is 11.6. The average Bonchev–Trinajstić information content (AvgIpc) is 3.61. The van der Waals surface area contributed by atoms with Crippen molar-refractivity contribution < 1.29 is 19.0 Å². The van der Waals surface area contributed by atoms with E-state index >= 15 is 0 Å². The van der Waals surface area contributed by atoms with Crippen LogP contribution in [0.5, 0.6) is 11.6 Å². The second kappa shape index (κ2) is 10.7. The van der Waals surface area contributed by atoms with E-state index in [0.717, 1.165) is 91.2 Å². The van der Waals surface area contributed by atoms with Gasteiger partial charge in [-0.25, -0.2) is 9.37 Å². The molecular formula is C36H40ClFN4O3. The molecule has 0 radical (unpaired) electrons. The Labute approximate surface area is 268 Å². The Hall–Kier alpha value is -3.23. The minimum atomic E-state index is -0.824. The monoisotopic (exact) mass is 630 g/mol. The fraction of sp³-hybridized carbons (Fsp3) is 0.528. The number of phenols is 1. The van der Waals surface area contributed by atoms with Gasteiger partial charge in [-0.2, -0.15) is 0 Å². The predicted octanol–water partition coefficient (Wildman–Crippen LogP) is 7.09. The third-order valence-electron chi connectivity index (χ3n) is 11.3. The van der Waals surface area contributed by atoms with E-state index in [4.69, 9.17) is 26.3 Å². The molecule has 5 fully saturated rings. The first kappa shape index (κ1) is 29.2. The van der Waals surface area contributed by atoms with Gasteiger partial charge < -0.3 is 14.7 Å². The molecule has 4 saturated heterocycles. The maximum atomic E-state index is 14.5. The largest absolute Gasteiger partial charge is 0.508 e. The molecule has 1 aromatic carbocycles. The number of phenolic OH excluding ortho intramolecular Hbond substituents is 1. The molecule has 2 aromatic heterocycles. The number of piperidine rings is 1. The molecule has 4 atom stereocenters. The molecule has 9 heteroatoms. The van der Waals surface area contributed by atoms with Crippen molar-refractivity contribution in [3.8, 4) is 22.9 Å². The Morgan fingerprint density at radius 3 is 2.69 bits per heavy atom. The van der Waals surface area contributed by atoms with Gasteiger partial charge in [0.2, 0.25) is 11.8 Å². The SMILES string of the molecule is C=CC(=O)N1C2CCC1CC(C)(c1nc(OCC34CCCN3CC(F)C4)cc3cc(-c4cc(O)cc(Cl)c4C4CC4)ncc13)C2. The number of nitrogens with zero attached hydrogens (tertiary/aromatic N) is 4. The maximum absolute atomic E-state index is 14.5. The van der Waals surface area contributed by atoms with Gasteiger partial charge in [-0.1, -0.05) is 25.1 Å². The topological polar surface area (TPSA) is 78.8 Å². The summed E-state index contributed by atoms with van der Waals surface area (Å²) in [5.74, 6) is 1.03. The van der Waals surface area contributed by atoms with Gasteiger partial charge in [0.05, 0.1) is 16.9 Å². The molecule has 8 rings (SSSR count). The molecule has 1 aliphatic carbocycles. The zero-order chi connectivity index (χ0) is 31.1. The molecule has 1 N–H and O–H groups in total. The minimum absolute atomic E-state index is 0.00473. The summed E-state index contributed by atoms with van der Waals surface area (Å²) in [7, 11) is 0. The van der Waals surface area contributed by atoms with Crippen molar-refractivity contribution in [1.82, 2.24) is 19.8 Å². The second-order valence-corrected chi connectivity index (χ2v) is 14.8. The minimum Gasteiger partial charge on any atom is -0.508 e. The number of fused-ring (bicyclic) bond motifs is 4. The van der Waals surface area contributed by atoms with E-state index in [0.29, 0.717) is 36.4 Å². The molecule has 4 unspecified atom stereocenters. The van der Waals surface area contributed by atoms with Crippen molar-refractivity contribution in [1.29, 1.82) is 0 Å². The first-order valence-electron chi connectivity index (χ1n) is 16.5. The summed E-state index contributed by atoms with van der Waals surface area (Å²) >= 11 is 6.66. The highest BCUT2D eigenvalue weighted by atomic mass is 35.5. The maximum Gasteiger partial charge on any atom is 0.246 e. The molecule has 1 amide bonds. The number of aromatic hydroxyl groups is 1. The lowest BCUT2D eigenvalue weighted by Gasteiger charge is -2.44. The number of ether oxygens (including phenoxy) is 1. The van der Waals surface area contributed by atoms with Gasteiger partial charge in [0, 0.05) is 58.7 Å². The van der Waals surface area contributed by atoms with Crippen LogP contribution in [0.4, 0.5) is 4.39 Å². The lowest BCUT2D eigenvalue weighted by molar-refractivity contribution is -0.131. The molecule has 1 saturated carbocycles. The van der Waals surface area contributed by atoms with Crippen LogP contribution in [0.3, 0.4) is 0 Å². The highest BCUT2D eigenvalue weighted by molar-refractivity contribution is 6.32. The van der Waals surface area contributed by atoms with Crippen LogP contribution >= 0.6 is 11.6 Å². The summed E-state index contributed by atoms with van der Waals surface area (Å²) < 4.78 is 21.1. The zero-order valence-electron chi connectivity index (χ0n) is 25.8.